The Bertz CT molecular complexity index is 1350. The molecular weight excluding hydrogens is 459 g/mol. The van der Waals surface area contributed by atoms with Crippen LogP contribution < -0.4 is 5.32 Å². The third-order valence-corrected chi connectivity index (χ3v) is 7.27. The molecule has 1 amide bonds. The largest absolute Gasteiger partial charge is 0.481 e. The minimum Gasteiger partial charge on any atom is -0.481 e. The van der Waals surface area contributed by atoms with Gasteiger partial charge in [-0.2, -0.15) is 0 Å². The molecule has 186 valence electrons. The van der Waals surface area contributed by atoms with Crippen molar-refractivity contribution in [2.75, 3.05) is 19.4 Å². The second-order valence-corrected chi connectivity index (χ2v) is 10.0. The molecule has 0 bridgehead atoms. The van der Waals surface area contributed by atoms with Crippen LogP contribution in [-0.2, 0) is 11.2 Å². The third-order valence-electron chi connectivity index (χ3n) is 7.27. The molecule has 0 unspecified atom stereocenters. The lowest BCUT2D eigenvalue weighted by Crippen LogP contribution is -2.22. The molecule has 2 aromatic carbocycles. The second kappa shape index (κ2) is 9.00. The number of nitrogens with one attached hydrogen (secondary N) is 1. The van der Waals surface area contributed by atoms with Crippen molar-refractivity contribution in [3.05, 3.63) is 76.0 Å². The van der Waals surface area contributed by atoms with Gasteiger partial charge in [-0.05, 0) is 79.1 Å². The number of carbonyl (C=O) groups excluding carboxylic acids is 1. The first kappa shape index (κ1) is 23.9. The van der Waals surface area contributed by atoms with Crippen molar-refractivity contribution in [1.29, 1.82) is 0 Å². The first-order valence-corrected chi connectivity index (χ1v) is 12.1. The predicted molar refractivity (Wildman–Crippen MR) is 135 cm³/mol. The smallest absolute Gasteiger partial charge is 0.307 e. The number of aliphatic carboxylic acids is 1. The van der Waals surface area contributed by atoms with Crippen molar-refractivity contribution in [3.8, 4) is 11.1 Å². The standard InChI is InChI=1S/C28H29FN4O3/c1-14-9-16(27(34)33(3)4)10-15(2)25(14)17-5-7-21(29)26-18(17)6-8-22(26)32-24-13-30-23(12-31-24)19-11-20(19)28(35)36/h5,7,9-10,12-13,19-20,22H,6,8,11H2,1-4H3,(H,31,32)(H,35,36)/t19-,20-,22+/m0/s1. The molecule has 36 heavy (non-hydrogen) atoms. The van der Waals surface area contributed by atoms with Gasteiger partial charge in [0.2, 0.25) is 0 Å². The van der Waals surface area contributed by atoms with E-state index in [1.807, 2.05) is 32.0 Å². The Balaban J connectivity index is 1.42. The molecule has 1 fully saturated rings. The minimum atomic E-state index is -0.803. The molecule has 5 rings (SSSR count). The second-order valence-electron chi connectivity index (χ2n) is 10.0. The van der Waals surface area contributed by atoms with Gasteiger partial charge in [0.1, 0.15) is 11.6 Å². The van der Waals surface area contributed by atoms with E-state index in [0.717, 1.165) is 27.8 Å². The van der Waals surface area contributed by atoms with Gasteiger partial charge in [-0.3, -0.25) is 14.6 Å². The quantitative estimate of drug-likeness (QED) is 0.513. The number of halogens is 1. The zero-order chi connectivity index (χ0) is 25.7. The van der Waals surface area contributed by atoms with Crippen LogP contribution in [0.25, 0.3) is 11.1 Å². The van der Waals surface area contributed by atoms with Gasteiger partial charge in [0, 0.05) is 31.1 Å². The molecule has 1 saturated carbocycles. The summed E-state index contributed by atoms with van der Waals surface area (Å²) in [5, 5.41) is 12.5. The Kier molecular flexibility index (Phi) is 5.98. The topological polar surface area (TPSA) is 95.4 Å². The summed E-state index contributed by atoms with van der Waals surface area (Å²) >= 11 is 0. The van der Waals surface area contributed by atoms with Crippen LogP contribution in [0.1, 0.15) is 63.1 Å². The summed E-state index contributed by atoms with van der Waals surface area (Å²) in [6, 6.07) is 6.90. The summed E-state index contributed by atoms with van der Waals surface area (Å²) in [4.78, 5) is 34.0. The van der Waals surface area contributed by atoms with Crippen LogP contribution in [0.2, 0.25) is 0 Å². The number of anilines is 1. The van der Waals surface area contributed by atoms with Gasteiger partial charge in [0.25, 0.3) is 5.91 Å². The van der Waals surface area contributed by atoms with Crippen LogP contribution in [0.15, 0.2) is 36.7 Å². The molecule has 3 aromatic rings. The lowest BCUT2D eigenvalue weighted by molar-refractivity contribution is -0.138. The van der Waals surface area contributed by atoms with Crippen LogP contribution in [0.5, 0.6) is 0 Å². The molecule has 2 N–H and O–H groups in total. The molecule has 0 saturated heterocycles. The van der Waals surface area contributed by atoms with Crippen molar-refractivity contribution in [3.63, 3.8) is 0 Å². The third kappa shape index (κ3) is 4.21. The molecule has 2 aliphatic rings. The number of nitrogens with zero attached hydrogens (tertiary/aromatic N) is 3. The maximum atomic E-state index is 15.1. The first-order valence-electron chi connectivity index (χ1n) is 12.1. The monoisotopic (exact) mass is 488 g/mol. The summed E-state index contributed by atoms with van der Waals surface area (Å²) in [6.45, 7) is 3.97. The fraction of sp³-hybridized carbons (Fsp3) is 0.357. The first-order chi connectivity index (χ1) is 17.2. The number of amides is 1. The highest BCUT2D eigenvalue weighted by molar-refractivity contribution is 5.95. The molecule has 1 heterocycles. The van der Waals surface area contributed by atoms with E-state index in [-0.39, 0.29) is 29.6 Å². The Morgan fingerprint density at radius 3 is 2.42 bits per heavy atom. The fourth-order valence-electron chi connectivity index (χ4n) is 5.44. The predicted octanol–water partition coefficient (Wildman–Crippen LogP) is 4.89. The van der Waals surface area contributed by atoms with Crippen molar-refractivity contribution < 1.29 is 19.1 Å². The molecule has 2 aliphatic carbocycles. The molecule has 3 atom stereocenters. The van der Waals surface area contributed by atoms with Crippen LogP contribution in [0.4, 0.5) is 10.2 Å². The summed E-state index contributed by atoms with van der Waals surface area (Å²) < 4.78 is 15.1. The van der Waals surface area contributed by atoms with Gasteiger partial charge >= 0.3 is 5.97 Å². The van der Waals surface area contributed by atoms with E-state index < -0.39 is 5.97 Å². The van der Waals surface area contributed by atoms with Crippen LogP contribution in [0, 0.1) is 25.6 Å². The number of hydrogen-bond donors (Lipinski definition) is 2. The average Bonchev–Trinajstić information content (AvgIpc) is 3.54. The Morgan fingerprint density at radius 1 is 1.11 bits per heavy atom. The van der Waals surface area contributed by atoms with E-state index in [9.17, 15) is 9.59 Å². The minimum absolute atomic E-state index is 0.0476. The molecule has 0 aliphatic heterocycles. The summed E-state index contributed by atoms with van der Waals surface area (Å²) in [5.41, 5.74) is 6.90. The number of carboxylic acids is 1. The number of aryl methyl sites for hydroxylation is 2. The highest BCUT2D eigenvalue weighted by Gasteiger charge is 2.45. The van der Waals surface area contributed by atoms with Gasteiger partial charge in [-0.1, -0.05) is 6.07 Å². The van der Waals surface area contributed by atoms with Crippen molar-refractivity contribution in [2.24, 2.45) is 5.92 Å². The molecule has 8 heteroatoms. The number of aromatic nitrogens is 2. The zero-order valence-electron chi connectivity index (χ0n) is 20.8. The molecule has 1 aromatic heterocycles. The van der Waals surface area contributed by atoms with Crippen molar-refractivity contribution in [2.45, 2.75) is 45.1 Å². The summed E-state index contributed by atoms with van der Waals surface area (Å²) in [7, 11) is 3.47. The normalized spacial score (nSPS) is 20.1. The number of carboxylic acid groups (broad SMARTS) is 1. The Morgan fingerprint density at radius 2 is 1.83 bits per heavy atom. The lowest BCUT2D eigenvalue weighted by Gasteiger charge is -2.19. The molecule has 7 nitrogen and oxygen atoms in total. The number of hydrogen-bond acceptors (Lipinski definition) is 5. The van der Waals surface area contributed by atoms with E-state index in [2.05, 4.69) is 15.3 Å². The van der Waals surface area contributed by atoms with Crippen LogP contribution in [0.3, 0.4) is 0 Å². The number of rotatable bonds is 6. The van der Waals surface area contributed by atoms with Crippen molar-refractivity contribution in [1.82, 2.24) is 14.9 Å². The van der Waals surface area contributed by atoms with Gasteiger partial charge in [-0.25, -0.2) is 9.37 Å². The molecule has 0 radical (unpaired) electrons. The molecule has 0 spiro atoms. The molecular formula is C28H29FN4O3. The number of benzene rings is 2. The van der Waals surface area contributed by atoms with E-state index >= 15 is 4.39 Å². The lowest BCUT2D eigenvalue weighted by atomic mass is 9.89. The average molecular weight is 489 g/mol. The van der Waals surface area contributed by atoms with E-state index in [4.69, 9.17) is 5.11 Å². The SMILES string of the molecule is Cc1cc(C(=O)N(C)C)cc(C)c1-c1ccc(F)c2c1CC[C@H]2Nc1cnc([C@H]2C[C@@H]2C(=O)O)cn1. The van der Waals surface area contributed by atoms with E-state index in [1.165, 1.54) is 6.07 Å². The highest BCUT2D eigenvalue weighted by Crippen LogP contribution is 2.47. The van der Waals surface area contributed by atoms with E-state index in [0.29, 0.717) is 41.9 Å². The maximum Gasteiger partial charge on any atom is 0.307 e. The zero-order valence-corrected chi connectivity index (χ0v) is 20.8. The van der Waals surface area contributed by atoms with E-state index in [1.54, 1.807) is 31.4 Å². The van der Waals surface area contributed by atoms with Gasteiger partial charge < -0.3 is 15.3 Å². The number of fused-ring (bicyclic) bond motifs is 1. The number of carbonyl (C=O) groups is 2. The van der Waals surface area contributed by atoms with Crippen LogP contribution in [-0.4, -0.2) is 45.9 Å². The summed E-state index contributed by atoms with van der Waals surface area (Å²) in [6.07, 6.45) is 5.23. The van der Waals surface area contributed by atoms with Gasteiger partial charge in [-0.15, -0.1) is 0 Å². The Labute approximate surface area is 209 Å². The van der Waals surface area contributed by atoms with Gasteiger partial charge in [0.15, 0.2) is 0 Å². The van der Waals surface area contributed by atoms with Crippen molar-refractivity contribution >= 4 is 17.7 Å². The maximum absolute atomic E-state index is 15.1. The van der Waals surface area contributed by atoms with Gasteiger partial charge in [0.05, 0.1) is 30.0 Å². The highest BCUT2D eigenvalue weighted by atomic mass is 19.1. The Hall–Kier alpha value is -3.81. The fourth-order valence-corrected chi connectivity index (χ4v) is 5.44. The summed E-state index contributed by atoms with van der Waals surface area (Å²) in [5.74, 6) is -1.04. The van der Waals surface area contributed by atoms with Crippen LogP contribution >= 0.6 is 0 Å².